The summed E-state index contributed by atoms with van der Waals surface area (Å²) >= 11 is 0. The van der Waals surface area contributed by atoms with Crippen molar-refractivity contribution >= 4 is 17.7 Å². The molecule has 2 rings (SSSR count). The molecule has 1 aliphatic heterocycles. The molecule has 1 aliphatic rings. The van der Waals surface area contributed by atoms with Gasteiger partial charge in [0, 0.05) is 19.6 Å². The summed E-state index contributed by atoms with van der Waals surface area (Å²) < 4.78 is 5.57. The summed E-state index contributed by atoms with van der Waals surface area (Å²) in [4.78, 5) is 38.3. The minimum atomic E-state index is -0.581. The zero-order chi connectivity index (χ0) is 19.6. The average Bonchev–Trinajstić information content (AvgIpc) is 2.69. The van der Waals surface area contributed by atoms with E-state index in [0.717, 1.165) is 18.6 Å². The molecule has 27 heavy (non-hydrogen) atoms. The average molecular weight is 375 g/mol. The molecule has 1 saturated heterocycles. The van der Waals surface area contributed by atoms with Gasteiger partial charge in [-0.25, -0.2) is 0 Å². The number of amides is 3. The van der Waals surface area contributed by atoms with Crippen molar-refractivity contribution < 1.29 is 19.1 Å². The summed E-state index contributed by atoms with van der Waals surface area (Å²) in [5.74, 6) is 0.0646. The molecule has 1 fully saturated rings. The largest absolute Gasteiger partial charge is 0.493 e. The number of piperidine rings is 1. The molecule has 1 aromatic rings. The second-order valence-electron chi connectivity index (χ2n) is 6.72. The van der Waals surface area contributed by atoms with Gasteiger partial charge in [0.15, 0.2) is 0 Å². The van der Waals surface area contributed by atoms with E-state index in [9.17, 15) is 14.4 Å². The van der Waals surface area contributed by atoms with Crippen LogP contribution in [0.3, 0.4) is 0 Å². The van der Waals surface area contributed by atoms with Gasteiger partial charge in [-0.1, -0.05) is 18.2 Å². The van der Waals surface area contributed by atoms with Gasteiger partial charge >= 0.3 is 0 Å². The highest BCUT2D eigenvalue weighted by Crippen LogP contribution is 2.18. The number of likely N-dealkylation sites (tertiary alicyclic amines) is 1. The molecule has 2 N–H and O–H groups in total. The van der Waals surface area contributed by atoms with Gasteiger partial charge in [0.25, 0.3) is 0 Å². The summed E-state index contributed by atoms with van der Waals surface area (Å²) in [6, 6.07) is 8.79. The number of benzene rings is 1. The van der Waals surface area contributed by atoms with Crippen molar-refractivity contribution in [2.45, 2.75) is 39.2 Å². The molecular formula is C20H29N3O4. The maximum atomic E-state index is 12.4. The number of rotatable bonds is 8. The number of hydrogen-bond acceptors (Lipinski definition) is 4. The Morgan fingerprint density at radius 1 is 1.26 bits per heavy atom. The smallest absolute Gasteiger partial charge is 0.242 e. The molecule has 1 heterocycles. The van der Waals surface area contributed by atoms with E-state index in [0.29, 0.717) is 26.2 Å². The number of para-hydroxylation sites is 1. The molecule has 0 saturated carbocycles. The molecule has 3 amide bonds. The summed E-state index contributed by atoms with van der Waals surface area (Å²) in [6.45, 7) is 5.37. The van der Waals surface area contributed by atoms with E-state index in [1.54, 1.807) is 11.8 Å². The Balaban J connectivity index is 1.77. The van der Waals surface area contributed by atoms with Gasteiger partial charge in [-0.3, -0.25) is 14.4 Å². The van der Waals surface area contributed by atoms with Gasteiger partial charge in [-0.15, -0.1) is 0 Å². The topological polar surface area (TPSA) is 87.7 Å². The molecule has 7 nitrogen and oxygen atoms in total. The Labute approximate surface area is 160 Å². The quantitative estimate of drug-likeness (QED) is 0.718. The van der Waals surface area contributed by atoms with Crippen molar-refractivity contribution in [3.63, 3.8) is 0 Å². The molecule has 0 spiro atoms. The lowest BCUT2D eigenvalue weighted by Crippen LogP contribution is -2.50. The minimum Gasteiger partial charge on any atom is -0.493 e. The standard InChI is InChI=1S/C20H29N3O4/c1-3-21-19(25)15(2)22-20(26)16-8-7-12-23(14-16)18(24)11-13-27-17-9-5-4-6-10-17/h4-6,9-10,15-16H,3,7-8,11-14H2,1-2H3,(H,21,25)(H,22,26)/t15-,16-/m1/s1. The van der Waals surface area contributed by atoms with E-state index in [2.05, 4.69) is 10.6 Å². The summed E-state index contributed by atoms with van der Waals surface area (Å²) in [6.07, 6.45) is 1.77. The lowest BCUT2D eigenvalue weighted by molar-refractivity contribution is -0.137. The Hall–Kier alpha value is -2.57. The van der Waals surface area contributed by atoms with Crippen LogP contribution in [0, 0.1) is 5.92 Å². The summed E-state index contributed by atoms with van der Waals surface area (Å²) in [5.41, 5.74) is 0. The van der Waals surface area contributed by atoms with Crippen LogP contribution in [0.15, 0.2) is 30.3 Å². The van der Waals surface area contributed by atoms with Gasteiger partial charge in [-0.2, -0.15) is 0 Å². The van der Waals surface area contributed by atoms with Crippen LogP contribution in [0.1, 0.15) is 33.1 Å². The summed E-state index contributed by atoms with van der Waals surface area (Å²) in [5, 5.41) is 5.43. The monoisotopic (exact) mass is 375 g/mol. The van der Waals surface area contributed by atoms with E-state index in [4.69, 9.17) is 4.74 Å². The molecule has 0 aromatic heterocycles. The Morgan fingerprint density at radius 2 is 2.00 bits per heavy atom. The van der Waals surface area contributed by atoms with Crippen LogP contribution in [0.4, 0.5) is 0 Å². The highest BCUT2D eigenvalue weighted by molar-refractivity contribution is 5.88. The van der Waals surface area contributed by atoms with Crippen molar-refractivity contribution in [2.75, 3.05) is 26.2 Å². The molecule has 0 radical (unpaired) electrons. The van der Waals surface area contributed by atoms with Gasteiger partial charge in [0.1, 0.15) is 11.8 Å². The highest BCUT2D eigenvalue weighted by Gasteiger charge is 2.29. The normalized spacial score (nSPS) is 17.7. The summed E-state index contributed by atoms with van der Waals surface area (Å²) in [7, 11) is 0. The van der Waals surface area contributed by atoms with Crippen LogP contribution in [-0.2, 0) is 14.4 Å². The van der Waals surface area contributed by atoms with Crippen molar-refractivity contribution in [3.05, 3.63) is 30.3 Å². The SMILES string of the molecule is CCNC(=O)[C@@H](C)NC(=O)[C@@H]1CCCN(C(=O)CCOc2ccccc2)C1. The number of nitrogens with one attached hydrogen (secondary N) is 2. The highest BCUT2D eigenvalue weighted by atomic mass is 16.5. The number of carbonyl (C=O) groups excluding carboxylic acids is 3. The Morgan fingerprint density at radius 3 is 2.70 bits per heavy atom. The first kappa shape index (κ1) is 20.7. The van der Waals surface area contributed by atoms with Crippen molar-refractivity contribution in [2.24, 2.45) is 5.92 Å². The van der Waals surface area contributed by atoms with Crippen molar-refractivity contribution in [3.8, 4) is 5.75 Å². The van der Waals surface area contributed by atoms with Gasteiger partial charge in [-0.05, 0) is 38.8 Å². The molecular weight excluding hydrogens is 346 g/mol. The van der Waals surface area contributed by atoms with Crippen LogP contribution in [0.25, 0.3) is 0 Å². The second-order valence-corrected chi connectivity index (χ2v) is 6.72. The first-order valence-electron chi connectivity index (χ1n) is 9.55. The second kappa shape index (κ2) is 10.5. The lowest BCUT2D eigenvalue weighted by atomic mass is 9.96. The lowest BCUT2D eigenvalue weighted by Gasteiger charge is -2.32. The van der Waals surface area contributed by atoms with E-state index >= 15 is 0 Å². The number of nitrogens with zero attached hydrogens (tertiary/aromatic N) is 1. The third kappa shape index (κ3) is 6.58. The number of hydrogen-bond donors (Lipinski definition) is 2. The number of ether oxygens (including phenoxy) is 1. The number of carbonyl (C=O) groups is 3. The number of likely N-dealkylation sites (N-methyl/N-ethyl adjacent to an activating group) is 1. The van der Waals surface area contributed by atoms with Gasteiger partial charge < -0.3 is 20.3 Å². The fraction of sp³-hybridized carbons (Fsp3) is 0.550. The van der Waals surface area contributed by atoms with Crippen molar-refractivity contribution in [1.82, 2.24) is 15.5 Å². The van der Waals surface area contributed by atoms with Crippen LogP contribution in [0.5, 0.6) is 5.75 Å². The molecule has 7 heteroatoms. The fourth-order valence-electron chi connectivity index (χ4n) is 3.07. The Bertz CT molecular complexity index is 635. The van der Waals surface area contributed by atoms with Crippen molar-refractivity contribution in [1.29, 1.82) is 0 Å². The molecule has 1 aromatic carbocycles. The predicted molar refractivity (Wildman–Crippen MR) is 102 cm³/mol. The zero-order valence-corrected chi connectivity index (χ0v) is 16.1. The Kier molecular flexibility index (Phi) is 8.10. The first-order chi connectivity index (χ1) is 13.0. The van der Waals surface area contributed by atoms with E-state index < -0.39 is 6.04 Å². The van der Waals surface area contributed by atoms with Crippen LogP contribution >= 0.6 is 0 Å². The zero-order valence-electron chi connectivity index (χ0n) is 16.1. The molecule has 2 atom stereocenters. The van der Waals surface area contributed by atoms with E-state index in [1.807, 2.05) is 37.3 Å². The van der Waals surface area contributed by atoms with Crippen LogP contribution in [-0.4, -0.2) is 54.9 Å². The maximum absolute atomic E-state index is 12.4. The molecule has 0 unspecified atom stereocenters. The van der Waals surface area contributed by atoms with Crippen LogP contribution < -0.4 is 15.4 Å². The third-order valence-corrected chi connectivity index (χ3v) is 4.58. The maximum Gasteiger partial charge on any atom is 0.242 e. The van der Waals surface area contributed by atoms with Crippen LogP contribution in [0.2, 0.25) is 0 Å². The van der Waals surface area contributed by atoms with Gasteiger partial charge in [0.2, 0.25) is 17.7 Å². The van der Waals surface area contributed by atoms with E-state index in [1.165, 1.54) is 0 Å². The molecule has 0 aliphatic carbocycles. The van der Waals surface area contributed by atoms with Gasteiger partial charge in [0.05, 0.1) is 18.9 Å². The van der Waals surface area contributed by atoms with E-state index in [-0.39, 0.29) is 30.1 Å². The fourth-order valence-corrected chi connectivity index (χ4v) is 3.07. The first-order valence-corrected chi connectivity index (χ1v) is 9.55. The third-order valence-electron chi connectivity index (χ3n) is 4.58. The molecule has 148 valence electrons. The molecule has 0 bridgehead atoms. The minimum absolute atomic E-state index is 0.0137. The predicted octanol–water partition coefficient (Wildman–Crippen LogP) is 1.33.